The van der Waals surface area contributed by atoms with Gasteiger partial charge >= 0.3 is 5.97 Å². The number of nitro groups is 1. The molecule has 5 nitrogen and oxygen atoms in total. The number of halogens is 1. The maximum absolute atomic E-state index is 10.8. The summed E-state index contributed by atoms with van der Waals surface area (Å²) in [6.45, 7) is 1.27. The number of carbonyl (C=O) groups is 1. The van der Waals surface area contributed by atoms with Crippen LogP contribution in [0.25, 0.3) is 0 Å². The van der Waals surface area contributed by atoms with Crippen molar-refractivity contribution in [2.24, 2.45) is 0 Å². The van der Waals surface area contributed by atoms with Crippen LogP contribution in [0.5, 0.6) is 0 Å². The number of hydrogen-bond donors (Lipinski definition) is 1. The lowest BCUT2D eigenvalue weighted by Gasteiger charge is -2.16. The van der Waals surface area contributed by atoms with Gasteiger partial charge in [0.05, 0.1) is 4.92 Å². The highest BCUT2D eigenvalue weighted by Crippen LogP contribution is 2.30. The van der Waals surface area contributed by atoms with Crippen molar-refractivity contribution in [2.75, 3.05) is 0 Å². The van der Waals surface area contributed by atoms with E-state index in [1.54, 1.807) is 0 Å². The van der Waals surface area contributed by atoms with Gasteiger partial charge in [-0.25, -0.2) is 4.79 Å². The van der Waals surface area contributed by atoms with Crippen LogP contribution in [0.1, 0.15) is 12.5 Å². The van der Waals surface area contributed by atoms with Gasteiger partial charge < -0.3 is 5.11 Å². The zero-order valence-electron chi connectivity index (χ0n) is 7.81. The molecule has 1 rings (SSSR count). The maximum atomic E-state index is 10.8. The van der Waals surface area contributed by atoms with E-state index in [-0.39, 0.29) is 11.3 Å². The summed E-state index contributed by atoms with van der Waals surface area (Å²) in [5.74, 6) is -1.25. The third-order valence-corrected chi connectivity index (χ3v) is 2.38. The van der Waals surface area contributed by atoms with Gasteiger partial charge in [0.25, 0.3) is 5.69 Å². The molecule has 0 aromatic heterocycles. The average molecular weight is 230 g/mol. The van der Waals surface area contributed by atoms with Crippen LogP contribution in [0.15, 0.2) is 24.3 Å². The molecule has 0 spiro atoms. The van der Waals surface area contributed by atoms with Gasteiger partial charge in [-0.2, -0.15) is 0 Å². The molecule has 1 atom stereocenters. The number of hydrogen-bond acceptors (Lipinski definition) is 3. The lowest BCUT2D eigenvalue weighted by molar-refractivity contribution is -0.384. The van der Waals surface area contributed by atoms with E-state index in [0.29, 0.717) is 0 Å². The highest BCUT2D eigenvalue weighted by Gasteiger charge is 2.33. The molecule has 0 aliphatic rings. The third-order valence-electron chi connectivity index (χ3n) is 2.00. The molecule has 0 saturated carbocycles. The maximum Gasteiger partial charge on any atom is 0.329 e. The number of rotatable bonds is 3. The second-order valence-electron chi connectivity index (χ2n) is 3.12. The summed E-state index contributed by atoms with van der Waals surface area (Å²) in [5.41, 5.74) is 0.00601. The zero-order valence-corrected chi connectivity index (χ0v) is 8.56. The summed E-state index contributed by atoms with van der Waals surface area (Å²) in [5, 5.41) is 19.3. The molecule has 0 radical (unpaired) electrons. The molecule has 1 unspecified atom stereocenters. The van der Waals surface area contributed by atoms with Gasteiger partial charge in [-0.15, -0.1) is 11.6 Å². The quantitative estimate of drug-likeness (QED) is 0.489. The monoisotopic (exact) mass is 229 g/mol. The van der Waals surface area contributed by atoms with E-state index in [9.17, 15) is 14.9 Å². The Hall–Kier alpha value is -1.62. The molecular weight excluding hydrogens is 222 g/mol. The van der Waals surface area contributed by atoms with Crippen molar-refractivity contribution in [1.82, 2.24) is 0 Å². The lowest BCUT2D eigenvalue weighted by Crippen LogP contribution is -2.25. The van der Waals surface area contributed by atoms with Crippen molar-refractivity contribution in [1.29, 1.82) is 0 Å². The Morgan fingerprint density at radius 2 is 2.20 bits per heavy atom. The van der Waals surface area contributed by atoms with Crippen LogP contribution in [0.4, 0.5) is 5.69 Å². The molecule has 1 N–H and O–H groups in total. The Balaban J connectivity index is 3.21. The van der Waals surface area contributed by atoms with Crippen molar-refractivity contribution in [3.8, 4) is 0 Å². The van der Waals surface area contributed by atoms with Crippen LogP contribution in [0.2, 0.25) is 0 Å². The van der Waals surface area contributed by atoms with Gasteiger partial charge in [-0.05, 0) is 12.5 Å². The first-order chi connectivity index (χ1) is 6.85. The van der Waals surface area contributed by atoms with Gasteiger partial charge in [0.15, 0.2) is 4.87 Å². The molecular formula is C9H8ClNO4. The van der Waals surface area contributed by atoms with Crippen molar-refractivity contribution in [2.45, 2.75) is 11.8 Å². The van der Waals surface area contributed by atoms with Crippen LogP contribution in [0.3, 0.4) is 0 Å². The Morgan fingerprint density at radius 1 is 1.60 bits per heavy atom. The SMILES string of the molecule is CC(Cl)(C(=O)O)c1cccc([N+](=O)[O-])c1. The van der Waals surface area contributed by atoms with Crippen molar-refractivity contribution in [3.63, 3.8) is 0 Å². The number of benzene rings is 1. The predicted octanol–water partition coefficient (Wildman–Crippen LogP) is 2.13. The van der Waals surface area contributed by atoms with E-state index in [4.69, 9.17) is 16.7 Å². The number of carboxylic acid groups (broad SMARTS) is 1. The summed E-state index contributed by atoms with van der Waals surface area (Å²) in [6.07, 6.45) is 0. The van der Waals surface area contributed by atoms with Gasteiger partial charge in [-0.1, -0.05) is 12.1 Å². The Kier molecular flexibility index (Phi) is 2.95. The van der Waals surface area contributed by atoms with Crippen LogP contribution >= 0.6 is 11.6 Å². The van der Waals surface area contributed by atoms with E-state index in [1.807, 2.05) is 0 Å². The van der Waals surface area contributed by atoms with Crippen molar-refractivity contribution < 1.29 is 14.8 Å². The molecule has 0 heterocycles. The number of nitrogens with zero attached hydrogens (tertiary/aromatic N) is 1. The molecule has 80 valence electrons. The van der Waals surface area contributed by atoms with E-state index < -0.39 is 15.8 Å². The molecule has 0 fully saturated rings. The molecule has 0 saturated heterocycles. The second kappa shape index (κ2) is 3.86. The van der Waals surface area contributed by atoms with Crippen LogP contribution in [0, 0.1) is 10.1 Å². The molecule has 0 aliphatic heterocycles. The number of nitro benzene ring substituents is 1. The largest absolute Gasteiger partial charge is 0.480 e. The lowest BCUT2D eigenvalue weighted by atomic mass is 10.00. The minimum absolute atomic E-state index is 0.180. The highest BCUT2D eigenvalue weighted by atomic mass is 35.5. The molecule has 1 aromatic rings. The van der Waals surface area contributed by atoms with Gasteiger partial charge in [0.2, 0.25) is 0 Å². The van der Waals surface area contributed by atoms with Crippen LogP contribution in [-0.2, 0) is 9.67 Å². The normalized spacial score (nSPS) is 14.3. The molecule has 6 heteroatoms. The standard InChI is InChI=1S/C9H8ClNO4/c1-9(10,8(12)13)6-3-2-4-7(5-6)11(14)15/h2-5H,1H3,(H,12,13). The smallest absolute Gasteiger partial charge is 0.329 e. The molecule has 1 aromatic carbocycles. The summed E-state index contributed by atoms with van der Waals surface area (Å²) in [4.78, 5) is 19.0. The molecule has 15 heavy (non-hydrogen) atoms. The summed E-state index contributed by atoms with van der Waals surface area (Å²) >= 11 is 5.75. The Bertz CT molecular complexity index is 416. The predicted molar refractivity (Wildman–Crippen MR) is 53.9 cm³/mol. The molecule has 0 amide bonds. The first kappa shape index (κ1) is 11.5. The minimum Gasteiger partial charge on any atom is -0.480 e. The fourth-order valence-electron chi connectivity index (χ4n) is 1.03. The third kappa shape index (κ3) is 2.24. The number of non-ortho nitro benzene ring substituents is 1. The van der Waals surface area contributed by atoms with Gasteiger partial charge in [0.1, 0.15) is 0 Å². The summed E-state index contributed by atoms with van der Waals surface area (Å²) in [6, 6.07) is 5.27. The van der Waals surface area contributed by atoms with Crippen LogP contribution in [-0.4, -0.2) is 16.0 Å². The number of aliphatic carboxylic acids is 1. The molecule has 0 bridgehead atoms. The van der Waals surface area contributed by atoms with Crippen molar-refractivity contribution in [3.05, 3.63) is 39.9 Å². The first-order valence-corrected chi connectivity index (χ1v) is 4.40. The summed E-state index contributed by atoms with van der Waals surface area (Å²) in [7, 11) is 0. The molecule has 0 aliphatic carbocycles. The topological polar surface area (TPSA) is 80.4 Å². The average Bonchev–Trinajstić information content (AvgIpc) is 2.17. The highest BCUT2D eigenvalue weighted by molar-refractivity contribution is 6.33. The fourth-order valence-corrected chi connectivity index (χ4v) is 1.15. The zero-order chi connectivity index (χ0) is 11.6. The van der Waals surface area contributed by atoms with E-state index in [1.165, 1.54) is 25.1 Å². The van der Waals surface area contributed by atoms with E-state index in [2.05, 4.69) is 0 Å². The Morgan fingerprint density at radius 3 is 2.67 bits per heavy atom. The second-order valence-corrected chi connectivity index (χ2v) is 3.87. The van der Waals surface area contributed by atoms with Gasteiger partial charge in [0, 0.05) is 12.1 Å². The fraction of sp³-hybridized carbons (Fsp3) is 0.222. The Labute approximate surface area is 90.4 Å². The van der Waals surface area contributed by atoms with Crippen molar-refractivity contribution >= 4 is 23.3 Å². The summed E-state index contributed by atoms with van der Waals surface area (Å²) < 4.78 is 0. The van der Waals surface area contributed by atoms with Crippen LogP contribution < -0.4 is 0 Å². The van der Waals surface area contributed by atoms with Gasteiger partial charge in [-0.3, -0.25) is 10.1 Å². The minimum atomic E-state index is -1.65. The number of carboxylic acids is 1. The number of alkyl halides is 1. The van der Waals surface area contributed by atoms with E-state index >= 15 is 0 Å². The van der Waals surface area contributed by atoms with E-state index in [0.717, 1.165) is 6.07 Å². The first-order valence-electron chi connectivity index (χ1n) is 4.03.